The molecule has 0 radical (unpaired) electrons. The van der Waals surface area contributed by atoms with Crippen molar-refractivity contribution in [2.24, 2.45) is 5.92 Å². The number of nitrogens with one attached hydrogen (secondary N) is 1. The zero-order valence-corrected chi connectivity index (χ0v) is 15.7. The summed E-state index contributed by atoms with van der Waals surface area (Å²) in [6.07, 6.45) is 1.95. The number of fused-ring (bicyclic) bond motifs is 1. The number of aromatic nitrogens is 5. The molecule has 10 heteroatoms. The highest BCUT2D eigenvalue weighted by Gasteiger charge is 2.26. The number of nitrogens with zero attached hydrogens (tertiary/aromatic N) is 6. The second kappa shape index (κ2) is 8.21. The second-order valence-electron chi connectivity index (χ2n) is 7.06. The van der Waals surface area contributed by atoms with E-state index >= 15 is 0 Å². The molecule has 2 N–H and O–H groups in total. The summed E-state index contributed by atoms with van der Waals surface area (Å²) in [4.78, 5) is 25.5. The molecule has 0 unspecified atom stereocenters. The van der Waals surface area contributed by atoms with Gasteiger partial charge >= 0.3 is 5.97 Å². The fourth-order valence-corrected chi connectivity index (χ4v) is 3.48. The molecule has 0 spiro atoms. The van der Waals surface area contributed by atoms with Gasteiger partial charge in [-0.25, -0.2) is 0 Å². The number of benzene rings is 1. The predicted octanol–water partition coefficient (Wildman–Crippen LogP) is 1.39. The summed E-state index contributed by atoms with van der Waals surface area (Å²) < 4.78 is 1.39. The first kappa shape index (κ1) is 18.8. The van der Waals surface area contributed by atoms with Crippen LogP contribution in [-0.4, -0.2) is 55.3 Å². The third-order valence-electron chi connectivity index (χ3n) is 5.07. The maximum Gasteiger partial charge on any atom is 0.303 e. The van der Waals surface area contributed by atoms with Crippen molar-refractivity contribution < 1.29 is 14.7 Å². The van der Waals surface area contributed by atoms with E-state index in [9.17, 15) is 9.59 Å². The lowest BCUT2D eigenvalue weighted by Crippen LogP contribution is -2.38. The monoisotopic (exact) mass is 395 g/mol. The molecule has 1 aliphatic rings. The molecule has 3 aromatic rings. The highest BCUT2D eigenvalue weighted by Crippen LogP contribution is 2.23. The normalized spacial score (nSPS) is 14.8. The lowest BCUT2D eigenvalue weighted by molar-refractivity contribution is -0.137. The number of tetrazole rings is 1. The Hall–Kier alpha value is -3.56. The summed E-state index contributed by atoms with van der Waals surface area (Å²) in [5.74, 6) is -0.135. The lowest BCUT2D eigenvalue weighted by atomic mass is 9.95. The van der Waals surface area contributed by atoms with E-state index < -0.39 is 5.97 Å². The van der Waals surface area contributed by atoms with E-state index in [4.69, 9.17) is 5.11 Å². The van der Waals surface area contributed by atoms with Crippen LogP contribution in [-0.2, 0) is 16.0 Å². The Morgan fingerprint density at radius 1 is 1.17 bits per heavy atom. The number of anilines is 2. The van der Waals surface area contributed by atoms with Crippen molar-refractivity contribution in [3.8, 4) is 0 Å². The van der Waals surface area contributed by atoms with Gasteiger partial charge in [-0.1, -0.05) is 12.1 Å². The van der Waals surface area contributed by atoms with Crippen LogP contribution in [0.1, 0.15) is 24.8 Å². The van der Waals surface area contributed by atoms with Crippen molar-refractivity contribution in [1.29, 1.82) is 0 Å². The van der Waals surface area contributed by atoms with Crippen LogP contribution in [0.5, 0.6) is 0 Å². The molecule has 29 heavy (non-hydrogen) atoms. The fourth-order valence-electron chi connectivity index (χ4n) is 3.48. The minimum absolute atomic E-state index is 0.0103. The van der Waals surface area contributed by atoms with Crippen molar-refractivity contribution in [1.82, 2.24) is 25.3 Å². The fraction of sp³-hybridized carbons (Fsp3) is 0.368. The average molecular weight is 395 g/mol. The largest absolute Gasteiger partial charge is 0.481 e. The molecule has 1 aliphatic heterocycles. The Morgan fingerprint density at radius 2 is 2.00 bits per heavy atom. The summed E-state index contributed by atoms with van der Waals surface area (Å²) in [6.45, 7) is 1.44. The highest BCUT2D eigenvalue weighted by molar-refractivity contribution is 5.92. The Labute approximate surface area is 166 Å². The molecule has 2 aromatic heterocycles. The quantitative estimate of drug-likeness (QED) is 0.641. The number of carbonyl (C=O) groups is 2. The van der Waals surface area contributed by atoms with Crippen molar-refractivity contribution in [2.45, 2.75) is 25.7 Å². The van der Waals surface area contributed by atoms with Crippen LogP contribution in [0.4, 0.5) is 11.5 Å². The van der Waals surface area contributed by atoms with Gasteiger partial charge in [0, 0.05) is 31.1 Å². The van der Waals surface area contributed by atoms with E-state index in [2.05, 4.69) is 30.8 Å². The van der Waals surface area contributed by atoms with Gasteiger partial charge in [-0.3, -0.25) is 9.59 Å². The number of aliphatic carboxylic acids is 1. The smallest absolute Gasteiger partial charge is 0.303 e. The van der Waals surface area contributed by atoms with E-state index in [1.807, 2.05) is 36.4 Å². The third kappa shape index (κ3) is 4.48. The van der Waals surface area contributed by atoms with E-state index in [0.29, 0.717) is 17.8 Å². The van der Waals surface area contributed by atoms with Gasteiger partial charge in [-0.15, -0.1) is 14.8 Å². The van der Waals surface area contributed by atoms with E-state index in [1.54, 1.807) is 0 Å². The summed E-state index contributed by atoms with van der Waals surface area (Å²) in [5, 5.41) is 27.4. The van der Waals surface area contributed by atoms with Crippen molar-refractivity contribution in [2.75, 3.05) is 23.3 Å². The van der Waals surface area contributed by atoms with Gasteiger partial charge in [0.05, 0.1) is 0 Å². The molecule has 10 nitrogen and oxygen atoms in total. The Balaban J connectivity index is 1.33. The van der Waals surface area contributed by atoms with Crippen LogP contribution >= 0.6 is 0 Å². The predicted molar refractivity (Wildman–Crippen MR) is 105 cm³/mol. The highest BCUT2D eigenvalue weighted by atomic mass is 16.4. The molecule has 0 bridgehead atoms. The zero-order chi connectivity index (χ0) is 20.2. The number of piperidine rings is 1. The minimum Gasteiger partial charge on any atom is -0.481 e. The number of amides is 1. The average Bonchev–Trinajstić information content (AvgIpc) is 3.20. The topological polar surface area (TPSA) is 126 Å². The van der Waals surface area contributed by atoms with Crippen LogP contribution in [0.2, 0.25) is 0 Å². The Kier molecular flexibility index (Phi) is 5.32. The van der Waals surface area contributed by atoms with E-state index in [0.717, 1.165) is 37.3 Å². The summed E-state index contributed by atoms with van der Waals surface area (Å²) in [5.41, 5.74) is 2.18. The molecule has 1 aromatic carbocycles. The summed E-state index contributed by atoms with van der Waals surface area (Å²) >= 11 is 0. The van der Waals surface area contributed by atoms with Gasteiger partial charge < -0.3 is 15.3 Å². The first-order valence-corrected chi connectivity index (χ1v) is 9.50. The first-order valence-electron chi connectivity index (χ1n) is 9.50. The number of carbonyl (C=O) groups excluding carboxylic acids is 1. The summed E-state index contributed by atoms with van der Waals surface area (Å²) in [6, 6.07) is 11.1. The van der Waals surface area contributed by atoms with Crippen molar-refractivity contribution in [3.05, 3.63) is 42.0 Å². The van der Waals surface area contributed by atoms with Gasteiger partial charge in [0.1, 0.15) is 0 Å². The third-order valence-corrected chi connectivity index (χ3v) is 5.07. The van der Waals surface area contributed by atoms with Gasteiger partial charge in [0.2, 0.25) is 5.91 Å². The van der Waals surface area contributed by atoms with Crippen molar-refractivity contribution in [3.63, 3.8) is 0 Å². The van der Waals surface area contributed by atoms with Gasteiger partial charge in [-0.2, -0.15) is 0 Å². The number of hydrogen-bond donors (Lipinski definition) is 2. The number of carboxylic acids is 1. The van der Waals surface area contributed by atoms with Gasteiger partial charge in [-0.05, 0) is 59.5 Å². The van der Waals surface area contributed by atoms with Crippen LogP contribution in [0.15, 0.2) is 36.4 Å². The Bertz CT molecular complexity index is 1030. The molecule has 150 valence electrons. The zero-order valence-electron chi connectivity index (χ0n) is 15.7. The maximum atomic E-state index is 12.7. The minimum atomic E-state index is -0.833. The number of hydrogen-bond acceptors (Lipinski definition) is 7. The summed E-state index contributed by atoms with van der Waals surface area (Å²) in [7, 11) is 0. The molecule has 4 rings (SSSR count). The van der Waals surface area contributed by atoms with E-state index in [-0.39, 0.29) is 18.2 Å². The standard InChI is InChI=1S/C19H21N7O3/c27-18(28)7-4-13-2-1-3-15(12-13)20-19(29)14-8-10-25(11-9-14)17-6-5-16-21-23-24-26(16)22-17/h1-3,5-6,12,14H,4,7-11H2,(H,20,29)(H,27,28). The first-order chi connectivity index (χ1) is 14.1. The van der Waals surface area contributed by atoms with Crippen LogP contribution in [0, 0.1) is 5.92 Å². The van der Waals surface area contributed by atoms with E-state index in [1.165, 1.54) is 4.63 Å². The molecule has 0 atom stereocenters. The SMILES string of the molecule is O=C(O)CCc1cccc(NC(=O)C2CCN(c3ccc4nnnn4n3)CC2)c1. The molecule has 1 fully saturated rings. The molecular weight excluding hydrogens is 374 g/mol. The molecule has 1 saturated heterocycles. The molecular formula is C19H21N7O3. The van der Waals surface area contributed by atoms with Crippen LogP contribution < -0.4 is 10.2 Å². The lowest BCUT2D eigenvalue weighted by Gasteiger charge is -2.31. The number of rotatable bonds is 6. The maximum absolute atomic E-state index is 12.7. The molecule has 0 aliphatic carbocycles. The number of aryl methyl sites for hydroxylation is 1. The van der Waals surface area contributed by atoms with Gasteiger partial charge in [0.15, 0.2) is 11.5 Å². The van der Waals surface area contributed by atoms with Crippen LogP contribution in [0.25, 0.3) is 5.65 Å². The molecule has 3 heterocycles. The molecule has 1 amide bonds. The second-order valence-corrected chi connectivity index (χ2v) is 7.06. The Morgan fingerprint density at radius 3 is 2.79 bits per heavy atom. The van der Waals surface area contributed by atoms with Crippen molar-refractivity contribution >= 4 is 29.0 Å². The number of carboxylic acid groups (broad SMARTS) is 1. The van der Waals surface area contributed by atoms with Gasteiger partial charge in [0.25, 0.3) is 0 Å². The van der Waals surface area contributed by atoms with Crippen LogP contribution in [0.3, 0.4) is 0 Å². The molecule has 0 saturated carbocycles.